The van der Waals surface area contributed by atoms with E-state index >= 15 is 0 Å². The Morgan fingerprint density at radius 3 is 2.67 bits per heavy atom. The molecule has 0 atom stereocenters. The Bertz CT molecular complexity index is 575. The van der Waals surface area contributed by atoms with Gasteiger partial charge in [0.1, 0.15) is 5.82 Å². The maximum absolute atomic E-state index is 13.4. The number of pyridine rings is 1. The number of halogens is 3. The van der Waals surface area contributed by atoms with Crippen LogP contribution >= 0.6 is 11.6 Å². The number of benzene rings is 1. The maximum atomic E-state index is 13.4. The first kappa shape index (κ1) is 12.8. The molecule has 0 fully saturated rings. The van der Waals surface area contributed by atoms with Gasteiger partial charge in [-0.15, -0.1) is 11.6 Å². The Kier molecular flexibility index (Phi) is 3.77. The molecule has 5 heteroatoms. The number of nitrogens with zero attached hydrogens (tertiary/aromatic N) is 1. The van der Waals surface area contributed by atoms with Crippen LogP contribution in [0.4, 0.5) is 8.78 Å². The van der Waals surface area contributed by atoms with Crippen LogP contribution in [-0.4, -0.2) is 4.98 Å². The highest BCUT2D eigenvalue weighted by atomic mass is 35.5. The molecule has 2 rings (SSSR count). The highest BCUT2D eigenvalue weighted by Gasteiger charge is 2.08. The van der Waals surface area contributed by atoms with E-state index in [2.05, 4.69) is 4.98 Å². The van der Waals surface area contributed by atoms with E-state index in [1.165, 1.54) is 6.07 Å². The summed E-state index contributed by atoms with van der Waals surface area (Å²) in [5.41, 5.74) is 1.53. The summed E-state index contributed by atoms with van der Waals surface area (Å²) in [6, 6.07) is 6.52. The zero-order valence-electron chi connectivity index (χ0n) is 9.58. The molecule has 0 aliphatic rings. The van der Waals surface area contributed by atoms with Gasteiger partial charge in [0.25, 0.3) is 0 Å². The molecule has 0 unspecified atom stereocenters. The van der Waals surface area contributed by atoms with Crippen LogP contribution in [0.15, 0.2) is 30.3 Å². The normalized spacial score (nSPS) is 10.4. The highest BCUT2D eigenvalue weighted by molar-refractivity contribution is 6.17. The van der Waals surface area contributed by atoms with E-state index < -0.39 is 11.6 Å². The molecule has 0 aliphatic carbocycles. The molecule has 1 heterocycles. The summed E-state index contributed by atoms with van der Waals surface area (Å²) < 4.78 is 31.4. The number of ether oxygens (including phenoxy) is 1. The number of hydrogen-bond donors (Lipinski definition) is 0. The predicted octanol–water partition coefficient (Wildman–Crippen LogP) is 4.20. The fraction of sp³-hybridized carbons (Fsp3) is 0.154. The lowest BCUT2D eigenvalue weighted by molar-refractivity contribution is 0.422. The molecular weight excluding hydrogens is 260 g/mol. The molecular formula is C13H10ClF2NO. The van der Waals surface area contributed by atoms with Crippen molar-refractivity contribution in [3.8, 4) is 11.6 Å². The Hall–Kier alpha value is -1.68. The van der Waals surface area contributed by atoms with Gasteiger partial charge in [-0.3, -0.25) is 0 Å². The van der Waals surface area contributed by atoms with Gasteiger partial charge in [0.2, 0.25) is 5.88 Å². The van der Waals surface area contributed by atoms with Gasteiger partial charge in [0, 0.05) is 23.7 Å². The molecule has 1 aromatic heterocycles. The first-order chi connectivity index (χ1) is 8.58. The molecule has 0 aliphatic heterocycles. The molecule has 0 saturated heterocycles. The summed E-state index contributed by atoms with van der Waals surface area (Å²) >= 11 is 5.72. The fourth-order valence-corrected chi connectivity index (χ4v) is 1.66. The van der Waals surface area contributed by atoms with Gasteiger partial charge in [-0.25, -0.2) is 13.8 Å². The van der Waals surface area contributed by atoms with E-state index in [9.17, 15) is 8.78 Å². The summed E-state index contributed by atoms with van der Waals surface area (Å²) in [7, 11) is 0. The zero-order valence-corrected chi connectivity index (χ0v) is 10.3. The van der Waals surface area contributed by atoms with Gasteiger partial charge >= 0.3 is 0 Å². The maximum Gasteiger partial charge on any atom is 0.219 e. The van der Waals surface area contributed by atoms with Gasteiger partial charge in [-0.2, -0.15) is 0 Å². The van der Waals surface area contributed by atoms with Crippen LogP contribution in [0, 0.1) is 18.6 Å². The lowest BCUT2D eigenvalue weighted by Gasteiger charge is -2.08. The predicted molar refractivity (Wildman–Crippen MR) is 65.0 cm³/mol. The second-order valence-corrected chi connectivity index (χ2v) is 4.03. The van der Waals surface area contributed by atoms with Gasteiger partial charge in [0.05, 0.1) is 0 Å². The van der Waals surface area contributed by atoms with Crippen molar-refractivity contribution in [3.63, 3.8) is 0 Å². The quantitative estimate of drug-likeness (QED) is 0.779. The van der Waals surface area contributed by atoms with Crippen molar-refractivity contribution >= 4 is 11.6 Å². The summed E-state index contributed by atoms with van der Waals surface area (Å²) in [6.07, 6.45) is 0. The highest BCUT2D eigenvalue weighted by Crippen LogP contribution is 2.25. The first-order valence-electron chi connectivity index (χ1n) is 5.25. The molecule has 1 aromatic carbocycles. The standard InChI is InChI=1S/C13H10ClF2NO/c1-8-4-9(7-14)5-13(17-8)18-12-3-2-10(15)6-11(12)16/h2-6H,7H2,1H3. The van der Waals surface area contributed by atoms with Crippen LogP contribution in [0.5, 0.6) is 11.6 Å². The number of rotatable bonds is 3. The Labute approximate surface area is 108 Å². The second kappa shape index (κ2) is 5.31. The summed E-state index contributed by atoms with van der Waals surface area (Å²) in [4.78, 5) is 4.10. The van der Waals surface area contributed by atoms with Crippen LogP contribution in [0.3, 0.4) is 0 Å². The average molecular weight is 270 g/mol. The number of hydrogen-bond acceptors (Lipinski definition) is 2. The van der Waals surface area contributed by atoms with Crippen LogP contribution in [-0.2, 0) is 5.88 Å². The van der Waals surface area contributed by atoms with E-state index in [-0.39, 0.29) is 11.6 Å². The van der Waals surface area contributed by atoms with Crippen LogP contribution in [0.1, 0.15) is 11.3 Å². The van der Waals surface area contributed by atoms with Crippen LogP contribution in [0.25, 0.3) is 0 Å². The minimum absolute atomic E-state index is 0.0741. The molecule has 0 spiro atoms. The summed E-state index contributed by atoms with van der Waals surface area (Å²) in [6.45, 7) is 1.78. The van der Waals surface area contributed by atoms with Crippen LogP contribution in [0.2, 0.25) is 0 Å². The van der Waals surface area contributed by atoms with Crippen molar-refractivity contribution in [1.82, 2.24) is 4.98 Å². The molecule has 0 amide bonds. The van der Waals surface area contributed by atoms with Gasteiger partial charge in [-0.05, 0) is 30.7 Å². The Morgan fingerprint density at radius 1 is 1.22 bits per heavy atom. The summed E-state index contributed by atoms with van der Waals surface area (Å²) in [5.74, 6) is -0.957. The third-order valence-electron chi connectivity index (χ3n) is 2.25. The lowest BCUT2D eigenvalue weighted by atomic mass is 10.2. The number of alkyl halides is 1. The number of aryl methyl sites for hydroxylation is 1. The van der Waals surface area contributed by atoms with Gasteiger partial charge in [-0.1, -0.05) is 0 Å². The Balaban J connectivity index is 2.30. The van der Waals surface area contributed by atoms with Crippen molar-refractivity contribution in [3.05, 3.63) is 53.2 Å². The van der Waals surface area contributed by atoms with E-state index in [0.29, 0.717) is 11.6 Å². The smallest absolute Gasteiger partial charge is 0.219 e. The van der Waals surface area contributed by atoms with Crippen molar-refractivity contribution in [2.45, 2.75) is 12.8 Å². The van der Waals surface area contributed by atoms with E-state index in [4.69, 9.17) is 16.3 Å². The zero-order chi connectivity index (χ0) is 13.1. The third-order valence-corrected chi connectivity index (χ3v) is 2.56. The van der Waals surface area contributed by atoms with Gasteiger partial charge < -0.3 is 4.74 Å². The van der Waals surface area contributed by atoms with Crippen molar-refractivity contribution in [1.29, 1.82) is 0 Å². The molecule has 0 bridgehead atoms. The average Bonchev–Trinajstić information content (AvgIpc) is 2.32. The van der Waals surface area contributed by atoms with E-state index in [1.807, 2.05) is 0 Å². The van der Waals surface area contributed by atoms with Crippen molar-refractivity contribution in [2.75, 3.05) is 0 Å². The monoisotopic (exact) mass is 269 g/mol. The molecule has 0 saturated carbocycles. The molecule has 2 aromatic rings. The largest absolute Gasteiger partial charge is 0.436 e. The second-order valence-electron chi connectivity index (χ2n) is 3.77. The molecule has 94 valence electrons. The first-order valence-corrected chi connectivity index (χ1v) is 5.78. The molecule has 2 nitrogen and oxygen atoms in total. The SMILES string of the molecule is Cc1cc(CCl)cc(Oc2ccc(F)cc2F)n1. The topological polar surface area (TPSA) is 22.1 Å². The van der Waals surface area contributed by atoms with Gasteiger partial charge in [0.15, 0.2) is 11.6 Å². The lowest BCUT2D eigenvalue weighted by Crippen LogP contribution is -1.94. The number of aromatic nitrogens is 1. The molecule has 18 heavy (non-hydrogen) atoms. The summed E-state index contributed by atoms with van der Waals surface area (Å²) in [5, 5.41) is 0. The van der Waals surface area contributed by atoms with Crippen molar-refractivity contribution in [2.24, 2.45) is 0 Å². The van der Waals surface area contributed by atoms with E-state index in [1.54, 1.807) is 19.1 Å². The minimum atomic E-state index is -0.772. The van der Waals surface area contributed by atoms with Crippen LogP contribution < -0.4 is 4.74 Å². The van der Waals surface area contributed by atoms with E-state index in [0.717, 1.165) is 17.7 Å². The molecule has 0 N–H and O–H groups in total. The molecule has 0 radical (unpaired) electrons. The Morgan fingerprint density at radius 2 is 2.00 bits per heavy atom. The minimum Gasteiger partial charge on any atom is -0.436 e. The third kappa shape index (κ3) is 2.96. The van der Waals surface area contributed by atoms with Crippen molar-refractivity contribution < 1.29 is 13.5 Å². The fourth-order valence-electron chi connectivity index (χ4n) is 1.51.